The fourth-order valence-corrected chi connectivity index (χ4v) is 0.991. The first-order valence-corrected chi connectivity index (χ1v) is 4.29. The van der Waals surface area contributed by atoms with Gasteiger partial charge in [-0.15, -0.1) is 6.58 Å². The summed E-state index contributed by atoms with van der Waals surface area (Å²) in [5.41, 5.74) is 0. The van der Waals surface area contributed by atoms with Crippen molar-refractivity contribution in [3.05, 3.63) is 12.7 Å². The maximum absolute atomic E-state index is 8.70. The molecular formula is C9H19NO2. The van der Waals surface area contributed by atoms with Crippen LogP contribution in [0.15, 0.2) is 12.7 Å². The summed E-state index contributed by atoms with van der Waals surface area (Å²) >= 11 is 0. The summed E-state index contributed by atoms with van der Waals surface area (Å²) in [5.74, 6) is 0. The predicted molar refractivity (Wildman–Crippen MR) is 50.2 cm³/mol. The van der Waals surface area contributed by atoms with Crippen molar-refractivity contribution in [2.75, 3.05) is 26.9 Å². The highest BCUT2D eigenvalue weighted by Gasteiger charge is 2.04. The highest BCUT2D eigenvalue weighted by molar-refractivity contribution is 4.71. The fraction of sp³-hybridized carbons (Fsp3) is 0.778. The van der Waals surface area contributed by atoms with E-state index >= 15 is 0 Å². The van der Waals surface area contributed by atoms with Crippen LogP contribution in [0.3, 0.4) is 0 Å². The second-order valence-electron chi connectivity index (χ2n) is 2.70. The van der Waals surface area contributed by atoms with E-state index in [0.717, 1.165) is 19.4 Å². The molecule has 2 N–H and O–H groups in total. The molecule has 0 aliphatic carbocycles. The second-order valence-corrected chi connectivity index (χ2v) is 2.70. The predicted octanol–water partition coefficient (Wildman–Crippen LogP) is 0.549. The Balaban J connectivity index is 3.40. The normalized spacial score (nSPS) is 12.8. The Bertz CT molecular complexity index is 101. The lowest BCUT2D eigenvalue weighted by molar-refractivity contribution is 0.149. The van der Waals surface area contributed by atoms with Crippen LogP contribution in [0, 0.1) is 0 Å². The molecule has 0 saturated heterocycles. The number of methoxy groups -OCH3 is 1. The number of ether oxygens (including phenoxy) is 1. The summed E-state index contributed by atoms with van der Waals surface area (Å²) in [6, 6.07) is 0.264. The maximum Gasteiger partial charge on any atom is 0.0616 e. The molecule has 0 aromatic heterocycles. The molecule has 72 valence electrons. The van der Waals surface area contributed by atoms with E-state index in [9.17, 15) is 0 Å². The van der Waals surface area contributed by atoms with Gasteiger partial charge in [0.05, 0.1) is 6.61 Å². The summed E-state index contributed by atoms with van der Waals surface area (Å²) in [6.45, 7) is 5.38. The number of nitrogens with one attached hydrogen (secondary N) is 1. The first-order valence-electron chi connectivity index (χ1n) is 4.29. The van der Waals surface area contributed by atoms with E-state index in [4.69, 9.17) is 9.84 Å². The number of rotatable bonds is 8. The quantitative estimate of drug-likeness (QED) is 0.416. The molecule has 0 bridgehead atoms. The van der Waals surface area contributed by atoms with Crippen molar-refractivity contribution in [3.63, 3.8) is 0 Å². The van der Waals surface area contributed by atoms with Crippen molar-refractivity contribution in [2.24, 2.45) is 0 Å². The van der Waals surface area contributed by atoms with Crippen molar-refractivity contribution in [1.29, 1.82) is 0 Å². The molecule has 0 fully saturated rings. The molecule has 0 aliphatic heterocycles. The summed E-state index contributed by atoms with van der Waals surface area (Å²) in [4.78, 5) is 0. The molecule has 3 heteroatoms. The van der Waals surface area contributed by atoms with E-state index in [1.807, 2.05) is 6.08 Å². The third-order valence-electron chi connectivity index (χ3n) is 1.63. The third kappa shape index (κ3) is 6.34. The lowest BCUT2D eigenvalue weighted by Gasteiger charge is -2.15. The van der Waals surface area contributed by atoms with E-state index in [2.05, 4.69) is 11.9 Å². The zero-order valence-electron chi connectivity index (χ0n) is 7.75. The van der Waals surface area contributed by atoms with E-state index in [1.54, 1.807) is 7.11 Å². The minimum absolute atomic E-state index is 0.203. The zero-order chi connectivity index (χ0) is 9.23. The molecule has 1 unspecified atom stereocenters. The van der Waals surface area contributed by atoms with E-state index in [0.29, 0.717) is 6.61 Å². The van der Waals surface area contributed by atoms with Gasteiger partial charge in [-0.1, -0.05) is 6.08 Å². The fourth-order valence-electron chi connectivity index (χ4n) is 0.991. The van der Waals surface area contributed by atoms with Crippen molar-refractivity contribution in [1.82, 2.24) is 5.32 Å². The standard InChI is InChI=1S/C9H19NO2/c1-3-4-6-10-9(5-7-11)8-12-2/h3,9-11H,1,4-8H2,2H3. The third-order valence-corrected chi connectivity index (χ3v) is 1.63. The SMILES string of the molecule is C=CCCNC(CCO)COC. The second kappa shape index (κ2) is 8.71. The van der Waals surface area contributed by atoms with Crippen molar-refractivity contribution in [3.8, 4) is 0 Å². The molecule has 12 heavy (non-hydrogen) atoms. The first kappa shape index (κ1) is 11.6. The van der Waals surface area contributed by atoms with Gasteiger partial charge in [0.2, 0.25) is 0 Å². The van der Waals surface area contributed by atoms with Crippen molar-refractivity contribution < 1.29 is 9.84 Å². The molecule has 0 amide bonds. The lowest BCUT2D eigenvalue weighted by Crippen LogP contribution is -2.34. The molecule has 3 nitrogen and oxygen atoms in total. The molecule has 1 atom stereocenters. The summed E-state index contributed by atoms with van der Waals surface area (Å²) in [6.07, 6.45) is 3.56. The molecular weight excluding hydrogens is 154 g/mol. The highest BCUT2D eigenvalue weighted by Crippen LogP contribution is 1.92. The molecule has 0 aromatic rings. The van der Waals surface area contributed by atoms with Crippen LogP contribution in [0.2, 0.25) is 0 Å². The van der Waals surface area contributed by atoms with Gasteiger partial charge in [0, 0.05) is 19.8 Å². The van der Waals surface area contributed by atoms with Gasteiger partial charge in [-0.05, 0) is 19.4 Å². The Morgan fingerprint density at radius 2 is 2.42 bits per heavy atom. The van der Waals surface area contributed by atoms with Crippen LogP contribution in [0.25, 0.3) is 0 Å². The monoisotopic (exact) mass is 173 g/mol. The lowest BCUT2D eigenvalue weighted by atomic mass is 10.2. The topological polar surface area (TPSA) is 41.5 Å². The Hall–Kier alpha value is -0.380. The Labute approximate surface area is 74.4 Å². The van der Waals surface area contributed by atoms with E-state index < -0.39 is 0 Å². The number of hydrogen-bond acceptors (Lipinski definition) is 3. The molecule has 0 rings (SSSR count). The number of aliphatic hydroxyl groups is 1. The van der Waals surface area contributed by atoms with E-state index in [1.165, 1.54) is 0 Å². The van der Waals surface area contributed by atoms with Gasteiger partial charge in [0.25, 0.3) is 0 Å². The number of aliphatic hydroxyl groups excluding tert-OH is 1. The Kier molecular flexibility index (Phi) is 8.44. The smallest absolute Gasteiger partial charge is 0.0616 e. The summed E-state index contributed by atoms with van der Waals surface area (Å²) < 4.78 is 4.99. The maximum atomic E-state index is 8.70. The van der Waals surface area contributed by atoms with Crippen LogP contribution in [0.1, 0.15) is 12.8 Å². The van der Waals surface area contributed by atoms with Gasteiger partial charge in [-0.3, -0.25) is 0 Å². The van der Waals surface area contributed by atoms with Crippen molar-refractivity contribution >= 4 is 0 Å². The average molecular weight is 173 g/mol. The van der Waals surface area contributed by atoms with Crippen LogP contribution >= 0.6 is 0 Å². The van der Waals surface area contributed by atoms with Crippen LogP contribution in [0.5, 0.6) is 0 Å². The molecule has 0 spiro atoms. The summed E-state index contributed by atoms with van der Waals surface area (Å²) in [7, 11) is 1.67. The van der Waals surface area contributed by atoms with Gasteiger partial charge in [-0.25, -0.2) is 0 Å². The van der Waals surface area contributed by atoms with Gasteiger partial charge < -0.3 is 15.2 Å². The summed E-state index contributed by atoms with van der Waals surface area (Å²) in [5, 5.41) is 12.0. The van der Waals surface area contributed by atoms with Gasteiger partial charge in [0.1, 0.15) is 0 Å². The first-order chi connectivity index (χ1) is 5.85. The van der Waals surface area contributed by atoms with Crippen LogP contribution in [0.4, 0.5) is 0 Å². The molecule has 0 radical (unpaired) electrons. The van der Waals surface area contributed by atoms with Crippen LogP contribution in [-0.2, 0) is 4.74 Å². The zero-order valence-corrected chi connectivity index (χ0v) is 7.75. The Morgan fingerprint density at radius 1 is 1.67 bits per heavy atom. The van der Waals surface area contributed by atoms with Crippen LogP contribution in [-0.4, -0.2) is 38.0 Å². The highest BCUT2D eigenvalue weighted by atomic mass is 16.5. The molecule has 0 saturated carbocycles. The largest absolute Gasteiger partial charge is 0.396 e. The van der Waals surface area contributed by atoms with Crippen molar-refractivity contribution in [2.45, 2.75) is 18.9 Å². The molecule has 0 aliphatic rings. The molecule has 0 aromatic carbocycles. The van der Waals surface area contributed by atoms with Gasteiger partial charge in [-0.2, -0.15) is 0 Å². The van der Waals surface area contributed by atoms with Gasteiger partial charge >= 0.3 is 0 Å². The molecule has 0 heterocycles. The average Bonchev–Trinajstić information content (AvgIpc) is 2.06. The minimum Gasteiger partial charge on any atom is -0.396 e. The van der Waals surface area contributed by atoms with Crippen LogP contribution < -0.4 is 5.32 Å². The minimum atomic E-state index is 0.203. The Morgan fingerprint density at radius 3 is 2.92 bits per heavy atom. The van der Waals surface area contributed by atoms with Gasteiger partial charge in [0.15, 0.2) is 0 Å². The van der Waals surface area contributed by atoms with E-state index in [-0.39, 0.29) is 12.6 Å². The number of hydrogen-bond donors (Lipinski definition) is 2.